The summed E-state index contributed by atoms with van der Waals surface area (Å²) < 4.78 is 0. The molecule has 0 aromatic heterocycles. The first-order chi connectivity index (χ1) is 10.4. The molecule has 1 rings (SSSR count). The highest BCUT2D eigenvalue weighted by atomic mass is 14.2. The second-order valence-corrected chi connectivity index (χ2v) is 6.21. The maximum absolute atomic E-state index is 4.13. The maximum atomic E-state index is 4.13. The summed E-state index contributed by atoms with van der Waals surface area (Å²) in [5.74, 6) is 0.573. The first-order valence-corrected chi connectivity index (χ1v) is 8.17. The molecule has 1 aromatic rings. The van der Waals surface area contributed by atoms with E-state index < -0.39 is 0 Å². The summed E-state index contributed by atoms with van der Waals surface area (Å²) in [5.41, 5.74) is 7.61. The standard InChI is InChI=1S/C22H30/c1-8-11-22-19(12-10-13-21(22)17(5)6)15-20(14-16(3)4)18(7)9-2/h8,10-14,18H,3,5,9,15H2,1-2,4,6-7H3/b11-8-,20-14-. The summed E-state index contributed by atoms with van der Waals surface area (Å²) in [5, 5.41) is 0. The van der Waals surface area contributed by atoms with Gasteiger partial charge in [0.25, 0.3) is 0 Å². The fraction of sp³-hybridized carbons (Fsp3) is 0.364. The second kappa shape index (κ2) is 8.58. The van der Waals surface area contributed by atoms with Gasteiger partial charge in [-0.1, -0.05) is 80.2 Å². The molecule has 1 aromatic carbocycles. The molecule has 0 saturated carbocycles. The van der Waals surface area contributed by atoms with Crippen LogP contribution in [0.1, 0.15) is 57.7 Å². The topological polar surface area (TPSA) is 0 Å². The lowest BCUT2D eigenvalue weighted by Gasteiger charge is -2.18. The van der Waals surface area contributed by atoms with Crippen LogP contribution in [0, 0.1) is 5.92 Å². The van der Waals surface area contributed by atoms with Gasteiger partial charge in [0.15, 0.2) is 0 Å². The number of hydrogen-bond donors (Lipinski definition) is 0. The zero-order valence-corrected chi connectivity index (χ0v) is 14.9. The Kier molecular flexibility index (Phi) is 7.11. The van der Waals surface area contributed by atoms with Crippen molar-refractivity contribution in [1.82, 2.24) is 0 Å². The fourth-order valence-corrected chi connectivity index (χ4v) is 2.67. The van der Waals surface area contributed by atoms with Crippen LogP contribution < -0.4 is 0 Å². The molecule has 22 heavy (non-hydrogen) atoms. The van der Waals surface area contributed by atoms with E-state index in [1.54, 1.807) is 0 Å². The van der Waals surface area contributed by atoms with Gasteiger partial charge in [0, 0.05) is 0 Å². The highest BCUT2D eigenvalue weighted by Gasteiger charge is 2.12. The monoisotopic (exact) mass is 294 g/mol. The summed E-state index contributed by atoms with van der Waals surface area (Å²) in [4.78, 5) is 0. The van der Waals surface area contributed by atoms with Gasteiger partial charge in [-0.15, -0.1) is 0 Å². The Morgan fingerprint density at radius 3 is 2.41 bits per heavy atom. The van der Waals surface area contributed by atoms with Crippen LogP contribution in [0.25, 0.3) is 11.6 Å². The molecule has 0 amide bonds. The minimum absolute atomic E-state index is 0.573. The zero-order valence-electron chi connectivity index (χ0n) is 14.9. The molecule has 1 atom stereocenters. The van der Waals surface area contributed by atoms with Crippen LogP contribution >= 0.6 is 0 Å². The molecule has 0 saturated heterocycles. The third kappa shape index (κ3) is 4.87. The van der Waals surface area contributed by atoms with Gasteiger partial charge >= 0.3 is 0 Å². The van der Waals surface area contributed by atoms with Gasteiger partial charge in [0.2, 0.25) is 0 Å². The molecule has 0 fully saturated rings. The molecule has 1 unspecified atom stereocenters. The van der Waals surface area contributed by atoms with Crippen molar-refractivity contribution >= 4 is 11.6 Å². The Hall–Kier alpha value is -1.82. The SMILES string of the molecule is C=C(C)/C=C(/Cc1cccc(C(=C)C)c1/C=C\C)C(C)CC. The van der Waals surface area contributed by atoms with Crippen molar-refractivity contribution in [2.24, 2.45) is 5.92 Å². The van der Waals surface area contributed by atoms with Crippen molar-refractivity contribution in [1.29, 1.82) is 0 Å². The van der Waals surface area contributed by atoms with Crippen LogP contribution in [0.3, 0.4) is 0 Å². The van der Waals surface area contributed by atoms with Crippen molar-refractivity contribution in [3.63, 3.8) is 0 Å². The smallest absolute Gasteiger partial charge is 0.00551 e. The Balaban J connectivity index is 3.33. The molecule has 0 bridgehead atoms. The molecule has 0 heteroatoms. The molecule has 0 aliphatic rings. The van der Waals surface area contributed by atoms with Crippen molar-refractivity contribution < 1.29 is 0 Å². The lowest BCUT2D eigenvalue weighted by molar-refractivity contribution is 0.638. The van der Waals surface area contributed by atoms with E-state index >= 15 is 0 Å². The Morgan fingerprint density at radius 2 is 1.91 bits per heavy atom. The highest BCUT2D eigenvalue weighted by Crippen LogP contribution is 2.28. The third-order valence-corrected chi connectivity index (χ3v) is 4.06. The second-order valence-electron chi connectivity index (χ2n) is 6.21. The van der Waals surface area contributed by atoms with Crippen molar-refractivity contribution in [3.05, 3.63) is 71.3 Å². The van der Waals surface area contributed by atoms with E-state index in [-0.39, 0.29) is 0 Å². The predicted octanol–water partition coefficient (Wildman–Crippen LogP) is 6.84. The molecule has 0 heterocycles. The van der Waals surface area contributed by atoms with Gasteiger partial charge in [-0.05, 0) is 56.2 Å². The van der Waals surface area contributed by atoms with E-state index in [9.17, 15) is 0 Å². The van der Waals surface area contributed by atoms with E-state index in [1.165, 1.54) is 22.3 Å². The summed E-state index contributed by atoms with van der Waals surface area (Å²) >= 11 is 0. The molecule has 0 aliphatic heterocycles. The van der Waals surface area contributed by atoms with Gasteiger partial charge in [-0.2, -0.15) is 0 Å². The molecule has 118 valence electrons. The van der Waals surface area contributed by atoms with Crippen LogP contribution in [0.2, 0.25) is 0 Å². The highest BCUT2D eigenvalue weighted by molar-refractivity contribution is 5.74. The molecule has 0 aliphatic carbocycles. The van der Waals surface area contributed by atoms with Gasteiger partial charge in [-0.3, -0.25) is 0 Å². The van der Waals surface area contributed by atoms with Gasteiger partial charge in [0.05, 0.1) is 0 Å². The summed E-state index contributed by atoms with van der Waals surface area (Å²) in [7, 11) is 0. The first-order valence-electron chi connectivity index (χ1n) is 8.17. The van der Waals surface area contributed by atoms with Gasteiger partial charge in [-0.25, -0.2) is 0 Å². The first kappa shape index (κ1) is 18.2. The molecule has 0 spiro atoms. The molecule has 0 nitrogen and oxygen atoms in total. The number of allylic oxidation sites excluding steroid dienone is 5. The maximum Gasteiger partial charge on any atom is -0.00551 e. The van der Waals surface area contributed by atoms with E-state index in [0.717, 1.165) is 24.0 Å². The minimum atomic E-state index is 0.573. The minimum Gasteiger partial charge on any atom is -0.0961 e. The van der Waals surface area contributed by atoms with Crippen LogP contribution in [0.15, 0.2) is 54.7 Å². The van der Waals surface area contributed by atoms with Gasteiger partial charge < -0.3 is 0 Å². The van der Waals surface area contributed by atoms with Crippen LogP contribution in [-0.2, 0) is 6.42 Å². The lowest BCUT2D eigenvalue weighted by atomic mass is 9.87. The molecular formula is C22H30. The number of rotatable bonds is 7. The molecule has 0 radical (unpaired) electrons. The average Bonchev–Trinajstić information content (AvgIpc) is 2.46. The number of hydrogen-bond acceptors (Lipinski definition) is 0. The van der Waals surface area contributed by atoms with E-state index in [4.69, 9.17) is 0 Å². The van der Waals surface area contributed by atoms with Crippen LogP contribution in [0.5, 0.6) is 0 Å². The summed E-state index contributed by atoms with van der Waals surface area (Å²) in [6.45, 7) is 18.9. The summed E-state index contributed by atoms with van der Waals surface area (Å²) in [6, 6.07) is 6.53. The molecular weight excluding hydrogens is 264 g/mol. The van der Waals surface area contributed by atoms with Crippen molar-refractivity contribution in [3.8, 4) is 0 Å². The fourth-order valence-electron chi connectivity index (χ4n) is 2.67. The Bertz CT molecular complexity index is 596. The summed E-state index contributed by atoms with van der Waals surface area (Å²) in [6.07, 6.45) is 8.69. The lowest BCUT2D eigenvalue weighted by Crippen LogP contribution is -2.04. The predicted molar refractivity (Wildman–Crippen MR) is 102 cm³/mol. The normalized spacial score (nSPS) is 13.4. The van der Waals surface area contributed by atoms with Crippen LogP contribution in [0.4, 0.5) is 0 Å². The van der Waals surface area contributed by atoms with E-state index in [0.29, 0.717) is 5.92 Å². The largest absolute Gasteiger partial charge is 0.0961 e. The average molecular weight is 294 g/mol. The Morgan fingerprint density at radius 1 is 1.23 bits per heavy atom. The van der Waals surface area contributed by atoms with E-state index in [1.807, 2.05) is 0 Å². The van der Waals surface area contributed by atoms with Gasteiger partial charge in [0.1, 0.15) is 0 Å². The Labute approximate surface area is 137 Å². The van der Waals surface area contributed by atoms with Crippen molar-refractivity contribution in [2.45, 2.75) is 47.5 Å². The van der Waals surface area contributed by atoms with Crippen LogP contribution in [-0.4, -0.2) is 0 Å². The zero-order chi connectivity index (χ0) is 16.7. The van der Waals surface area contributed by atoms with Crippen molar-refractivity contribution in [2.75, 3.05) is 0 Å². The quantitative estimate of drug-likeness (QED) is 0.483. The third-order valence-electron chi connectivity index (χ3n) is 4.06. The number of benzene rings is 1. The molecule has 0 N–H and O–H groups in total. The van der Waals surface area contributed by atoms with E-state index in [2.05, 4.69) is 84.2 Å².